The Hall–Kier alpha value is -3.07. The number of fused-ring (bicyclic) bond motifs is 1. The van der Waals surface area contributed by atoms with Crippen molar-refractivity contribution < 1.29 is 14.8 Å². The number of benzene rings is 1. The summed E-state index contributed by atoms with van der Waals surface area (Å²) < 4.78 is 1.64. The van der Waals surface area contributed by atoms with Crippen molar-refractivity contribution >= 4 is 17.4 Å². The summed E-state index contributed by atoms with van der Waals surface area (Å²) in [5.41, 5.74) is 1.81. The topological polar surface area (TPSA) is 123 Å². The van der Waals surface area contributed by atoms with Crippen LogP contribution in [-0.4, -0.2) is 37.2 Å². The zero-order valence-corrected chi connectivity index (χ0v) is 16.4. The quantitative estimate of drug-likeness (QED) is 0.587. The molecule has 152 valence electrons. The molecule has 0 radical (unpaired) electrons. The van der Waals surface area contributed by atoms with Gasteiger partial charge in [-0.25, -0.2) is 4.68 Å². The van der Waals surface area contributed by atoms with Crippen LogP contribution in [0.4, 0.5) is 11.6 Å². The van der Waals surface area contributed by atoms with Gasteiger partial charge in [0.05, 0.1) is 4.92 Å². The number of Topliss-reactive ketones (excluding diaryl/α,β-unsaturated/α-hetero) is 1. The summed E-state index contributed by atoms with van der Waals surface area (Å²) >= 11 is 0. The van der Waals surface area contributed by atoms with Crippen LogP contribution in [0.1, 0.15) is 50.5 Å². The highest BCUT2D eigenvalue weighted by Crippen LogP contribution is 2.45. The number of carbonyl (C=O) groups is 1. The zero-order valence-electron chi connectivity index (χ0n) is 16.4. The molecule has 1 aliphatic heterocycles. The minimum Gasteiger partial charge on any atom is -0.396 e. The molecule has 1 aliphatic carbocycles. The second-order valence-corrected chi connectivity index (χ2v) is 8.34. The number of aliphatic hydroxyl groups excluding tert-OH is 1. The molecular weight excluding hydrogens is 374 g/mol. The Morgan fingerprint density at radius 2 is 2.17 bits per heavy atom. The maximum Gasteiger partial charge on any atom is 0.269 e. The first-order chi connectivity index (χ1) is 13.8. The number of nitro benzene ring substituents is 1. The molecule has 0 bridgehead atoms. The van der Waals surface area contributed by atoms with E-state index in [-0.39, 0.29) is 23.5 Å². The molecule has 0 amide bonds. The highest BCUT2D eigenvalue weighted by atomic mass is 16.6. The van der Waals surface area contributed by atoms with Crippen molar-refractivity contribution in [3.05, 3.63) is 57.0 Å². The van der Waals surface area contributed by atoms with E-state index in [1.165, 1.54) is 12.1 Å². The summed E-state index contributed by atoms with van der Waals surface area (Å²) in [6, 6.07) is 5.75. The van der Waals surface area contributed by atoms with Gasteiger partial charge >= 0.3 is 0 Å². The number of ketones is 1. The smallest absolute Gasteiger partial charge is 0.269 e. The van der Waals surface area contributed by atoms with E-state index in [1.807, 2.05) is 13.8 Å². The van der Waals surface area contributed by atoms with Crippen LogP contribution in [0, 0.1) is 15.5 Å². The molecule has 0 spiro atoms. The molecule has 1 aromatic carbocycles. The van der Waals surface area contributed by atoms with Gasteiger partial charge in [0.25, 0.3) is 5.69 Å². The normalized spacial score (nSPS) is 20.1. The molecule has 1 aromatic heterocycles. The molecule has 4 rings (SSSR count). The Bertz CT molecular complexity index is 1020. The van der Waals surface area contributed by atoms with E-state index >= 15 is 0 Å². The van der Waals surface area contributed by atoms with Gasteiger partial charge in [0.2, 0.25) is 5.95 Å². The molecule has 0 saturated carbocycles. The number of nitrogens with zero attached hydrogens (tertiary/aromatic N) is 4. The molecule has 9 heteroatoms. The monoisotopic (exact) mass is 397 g/mol. The minimum atomic E-state index is -0.569. The molecule has 2 aromatic rings. The predicted molar refractivity (Wildman–Crippen MR) is 105 cm³/mol. The van der Waals surface area contributed by atoms with Crippen molar-refractivity contribution in [3.8, 4) is 0 Å². The van der Waals surface area contributed by atoms with Gasteiger partial charge in [0.1, 0.15) is 6.04 Å². The van der Waals surface area contributed by atoms with Crippen LogP contribution in [-0.2, 0) is 11.2 Å². The number of aryl methyl sites for hydroxylation is 1. The Labute approximate surface area is 167 Å². The fourth-order valence-corrected chi connectivity index (χ4v) is 4.11. The number of non-ortho nitro benzene ring substituents is 1. The number of rotatable bonds is 5. The van der Waals surface area contributed by atoms with Gasteiger partial charge in [0, 0.05) is 42.9 Å². The summed E-state index contributed by atoms with van der Waals surface area (Å²) in [5, 5.41) is 28.2. The Morgan fingerprint density at radius 1 is 1.38 bits per heavy atom. The molecule has 0 fully saturated rings. The molecule has 29 heavy (non-hydrogen) atoms. The van der Waals surface area contributed by atoms with Crippen LogP contribution in [0.5, 0.6) is 0 Å². The number of aliphatic hydroxyl groups is 1. The van der Waals surface area contributed by atoms with Gasteiger partial charge in [-0.2, -0.15) is 10.1 Å². The number of hydrogen-bond acceptors (Lipinski definition) is 7. The van der Waals surface area contributed by atoms with E-state index in [0.29, 0.717) is 48.6 Å². The van der Waals surface area contributed by atoms with Gasteiger partial charge in [-0.05, 0) is 23.8 Å². The Balaban J connectivity index is 1.86. The third-order valence-electron chi connectivity index (χ3n) is 5.33. The van der Waals surface area contributed by atoms with Gasteiger partial charge in [-0.1, -0.05) is 26.0 Å². The van der Waals surface area contributed by atoms with E-state index < -0.39 is 11.0 Å². The average Bonchev–Trinajstić information content (AvgIpc) is 3.06. The minimum absolute atomic E-state index is 0.0123. The zero-order chi connectivity index (χ0) is 20.8. The standard InChI is InChI=1S/C20H23N5O4/c1-20(2)10-14-17(15(27)11-20)18(12-5-3-6-13(9-12)25(28)29)24-19(21-14)22-16(23-24)7-4-8-26/h3,5-6,9,18,26H,4,7-8,10-11H2,1-2H3,(H,21,22,23). The first kappa shape index (κ1) is 19.3. The lowest BCUT2D eigenvalue weighted by molar-refractivity contribution is -0.384. The molecule has 2 N–H and O–H groups in total. The van der Waals surface area contributed by atoms with Crippen molar-refractivity contribution in [3.63, 3.8) is 0 Å². The number of aromatic nitrogens is 3. The van der Waals surface area contributed by atoms with Crippen LogP contribution < -0.4 is 5.32 Å². The Kier molecular flexibility index (Phi) is 4.70. The highest BCUT2D eigenvalue weighted by molar-refractivity contribution is 6.00. The summed E-state index contributed by atoms with van der Waals surface area (Å²) in [4.78, 5) is 28.5. The van der Waals surface area contributed by atoms with Crippen molar-refractivity contribution in [1.82, 2.24) is 14.8 Å². The van der Waals surface area contributed by atoms with Crippen LogP contribution in [0.25, 0.3) is 0 Å². The molecule has 2 heterocycles. The SMILES string of the molecule is CC1(C)CC(=O)C2=C(C1)Nc1nc(CCCO)nn1C2c1cccc([N+](=O)[O-])c1. The van der Waals surface area contributed by atoms with Gasteiger partial charge in [-0.3, -0.25) is 14.9 Å². The van der Waals surface area contributed by atoms with E-state index in [2.05, 4.69) is 15.4 Å². The summed E-state index contributed by atoms with van der Waals surface area (Å²) in [5.74, 6) is 1.08. The second kappa shape index (κ2) is 7.07. The van der Waals surface area contributed by atoms with E-state index in [0.717, 1.165) is 5.70 Å². The van der Waals surface area contributed by atoms with Gasteiger partial charge in [0.15, 0.2) is 11.6 Å². The van der Waals surface area contributed by atoms with Crippen LogP contribution >= 0.6 is 0 Å². The first-order valence-electron chi connectivity index (χ1n) is 9.63. The molecule has 1 unspecified atom stereocenters. The van der Waals surface area contributed by atoms with Crippen LogP contribution in [0.2, 0.25) is 0 Å². The third kappa shape index (κ3) is 3.53. The lowest BCUT2D eigenvalue weighted by atomic mass is 9.73. The lowest BCUT2D eigenvalue weighted by Gasteiger charge is -2.38. The van der Waals surface area contributed by atoms with Crippen LogP contribution in [0.15, 0.2) is 35.5 Å². The molecular formula is C20H23N5O4. The fourth-order valence-electron chi connectivity index (χ4n) is 4.11. The molecule has 1 atom stereocenters. The number of nitrogens with one attached hydrogen (secondary N) is 1. The number of allylic oxidation sites excluding steroid dienone is 2. The molecule has 0 saturated heterocycles. The third-order valence-corrected chi connectivity index (χ3v) is 5.33. The summed E-state index contributed by atoms with van der Waals surface area (Å²) in [6.45, 7) is 4.13. The van der Waals surface area contributed by atoms with Crippen molar-refractivity contribution in [1.29, 1.82) is 0 Å². The molecule has 9 nitrogen and oxygen atoms in total. The first-order valence-corrected chi connectivity index (χ1v) is 9.63. The van der Waals surface area contributed by atoms with E-state index in [4.69, 9.17) is 5.11 Å². The van der Waals surface area contributed by atoms with Crippen LogP contribution in [0.3, 0.4) is 0 Å². The van der Waals surface area contributed by atoms with Gasteiger partial charge in [-0.15, -0.1) is 0 Å². The average molecular weight is 397 g/mol. The van der Waals surface area contributed by atoms with Crippen molar-refractivity contribution in [2.75, 3.05) is 11.9 Å². The van der Waals surface area contributed by atoms with Gasteiger partial charge < -0.3 is 10.4 Å². The van der Waals surface area contributed by atoms with E-state index in [1.54, 1.807) is 16.8 Å². The lowest BCUT2D eigenvalue weighted by Crippen LogP contribution is -2.36. The maximum atomic E-state index is 13.1. The Morgan fingerprint density at radius 3 is 2.90 bits per heavy atom. The predicted octanol–water partition coefficient (Wildman–Crippen LogP) is 2.77. The number of anilines is 1. The number of hydrogen-bond donors (Lipinski definition) is 2. The summed E-state index contributed by atoms with van der Waals surface area (Å²) in [7, 11) is 0. The summed E-state index contributed by atoms with van der Waals surface area (Å²) in [6.07, 6.45) is 2.12. The fraction of sp³-hybridized carbons (Fsp3) is 0.450. The largest absolute Gasteiger partial charge is 0.396 e. The maximum absolute atomic E-state index is 13.1. The van der Waals surface area contributed by atoms with Crippen molar-refractivity contribution in [2.24, 2.45) is 5.41 Å². The second-order valence-electron chi connectivity index (χ2n) is 8.34. The highest BCUT2D eigenvalue weighted by Gasteiger charge is 2.42. The molecule has 2 aliphatic rings. The number of nitro groups is 1. The van der Waals surface area contributed by atoms with Crippen molar-refractivity contribution in [2.45, 2.75) is 45.6 Å². The van der Waals surface area contributed by atoms with E-state index in [9.17, 15) is 14.9 Å². The number of carbonyl (C=O) groups excluding carboxylic acids is 1.